The van der Waals surface area contributed by atoms with Crippen molar-refractivity contribution in [2.24, 2.45) is 5.73 Å². The maximum atomic E-state index is 11.0. The van der Waals surface area contributed by atoms with Crippen LogP contribution in [0.4, 0.5) is 0 Å². The molecular formula is C11H12BrNO3. The lowest BCUT2D eigenvalue weighted by Gasteiger charge is -2.44. The number of ether oxygens (including phenoxy) is 1. The molecule has 1 atom stereocenters. The fraction of sp³-hybridized carbons (Fsp3) is 0.364. The lowest BCUT2D eigenvalue weighted by Crippen LogP contribution is -2.62. The zero-order chi connectivity index (χ0) is 11.8. The number of halogens is 1. The summed E-state index contributed by atoms with van der Waals surface area (Å²) in [6.45, 7) is 0.701. The van der Waals surface area contributed by atoms with Crippen LogP contribution in [0.3, 0.4) is 0 Å². The first-order chi connectivity index (χ1) is 7.58. The molecule has 16 heavy (non-hydrogen) atoms. The van der Waals surface area contributed by atoms with E-state index in [-0.39, 0.29) is 0 Å². The van der Waals surface area contributed by atoms with Gasteiger partial charge in [0.2, 0.25) is 0 Å². The number of hydrogen-bond acceptors (Lipinski definition) is 3. The van der Waals surface area contributed by atoms with Crippen LogP contribution in [-0.4, -0.2) is 30.3 Å². The molecule has 1 aliphatic heterocycles. The van der Waals surface area contributed by atoms with Crippen molar-refractivity contribution in [2.75, 3.05) is 13.2 Å². The summed E-state index contributed by atoms with van der Waals surface area (Å²) in [5, 5.41) is 9.04. The molecule has 5 heteroatoms. The molecule has 1 fully saturated rings. The Morgan fingerprint density at radius 1 is 1.50 bits per heavy atom. The van der Waals surface area contributed by atoms with E-state index in [0.717, 1.165) is 10.0 Å². The molecule has 1 unspecified atom stereocenters. The van der Waals surface area contributed by atoms with E-state index in [1.807, 2.05) is 24.3 Å². The van der Waals surface area contributed by atoms with Gasteiger partial charge in [-0.05, 0) is 11.6 Å². The second-order valence-electron chi connectivity index (χ2n) is 3.94. The van der Waals surface area contributed by atoms with Crippen molar-refractivity contribution >= 4 is 21.9 Å². The highest BCUT2D eigenvalue weighted by atomic mass is 79.9. The van der Waals surface area contributed by atoms with Gasteiger partial charge in [-0.2, -0.15) is 0 Å². The van der Waals surface area contributed by atoms with Crippen molar-refractivity contribution in [1.29, 1.82) is 0 Å². The summed E-state index contributed by atoms with van der Waals surface area (Å²) in [4.78, 5) is 11.0. The van der Waals surface area contributed by atoms with E-state index in [9.17, 15) is 4.79 Å². The predicted octanol–water partition coefficient (Wildman–Crippen LogP) is 1.13. The topological polar surface area (TPSA) is 72.6 Å². The van der Waals surface area contributed by atoms with E-state index in [1.165, 1.54) is 0 Å². The Morgan fingerprint density at radius 3 is 2.56 bits per heavy atom. The Balaban J connectivity index is 2.43. The fourth-order valence-electron chi connectivity index (χ4n) is 1.93. The first-order valence-corrected chi connectivity index (χ1v) is 5.68. The first kappa shape index (κ1) is 11.6. The molecule has 2 rings (SSSR count). The van der Waals surface area contributed by atoms with Crippen molar-refractivity contribution in [3.63, 3.8) is 0 Å². The summed E-state index contributed by atoms with van der Waals surface area (Å²) >= 11 is 3.42. The summed E-state index contributed by atoms with van der Waals surface area (Å²) in [6, 6.07) is 6.57. The molecule has 0 radical (unpaired) electrons. The monoisotopic (exact) mass is 285 g/mol. The third-order valence-corrected chi connectivity index (χ3v) is 3.68. The molecule has 1 heterocycles. The highest BCUT2D eigenvalue weighted by Gasteiger charge is 2.49. The second-order valence-corrected chi connectivity index (χ2v) is 4.80. The van der Waals surface area contributed by atoms with Gasteiger partial charge in [0, 0.05) is 4.47 Å². The molecule has 1 aliphatic rings. The van der Waals surface area contributed by atoms with Crippen molar-refractivity contribution in [1.82, 2.24) is 0 Å². The summed E-state index contributed by atoms with van der Waals surface area (Å²) in [5.74, 6) is -1.00. The minimum atomic E-state index is -1.00. The summed E-state index contributed by atoms with van der Waals surface area (Å²) in [6.07, 6.45) is 0. The van der Waals surface area contributed by atoms with Crippen LogP contribution in [0.5, 0.6) is 0 Å². The second kappa shape index (κ2) is 4.16. The minimum absolute atomic E-state index is 0.350. The molecule has 1 aromatic rings. The van der Waals surface area contributed by atoms with Crippen LogP contribution in [0.2, 0.25) is 0 Å². The smallest absolute Gasteiger partial charge is 0.321 e. The quantitative estimate of drug-likeness (QED) is 0.873. The average molecular weight is 286 g/mol. The van der Waals surface area contributed by atoms with E-state index in [4.69, 9.17) is 15.6 Å². The highest BCUT2D eigenvalue weighted by Crippen LogP contribution is 2.38. The third kappa shape index (κ3) is 1.65. The Hall–Kier alpha value is -0.910. The maximum Gasteiger partial charge on any atom is 0.321 e. The van der Waals surface area contributed by atoms with Gasteiger partial charge in [0.25, 0.3) is 0 Å². The van der Waals surface area contributed by atoms with Gasteiger partial charge in [-0.15, -0.1) is 0 Å². The average Bonchev–Trinajstić information content (AvgIpc) is 2.18. The molecule has 0 amide bonds. The van der Waals surface area contributed by atoms with Gasteiger partial charge in [-0.25, -0.2) is 0 Å². The van der Waals surface area contributed by atoms with Crippen molar-refractivity contribution < 1.29 is 14.6 Å². The Bertz CT molecular complexity index is 417. The lowest BCUT2D eigenvalue weighted by molar-refractivity contribution is -0.148. The maximum absolute atomic E-state index is 11.0. The molecule has 86 valence electrons. The molecule has 0 bridgehead atoms. The number of hydrogen-bond donors (Lipinski definition) is 2. The number of carbonyl (C=O) groups is 1. The molecule has 0 aromatic heterocycles. The summed E-state index contributed by atoms with van der Waals surface area (Å²) in [7, 11) is 0. The van der Waals surface area contributed by atoms with Gasteiger partial charge >= 0.3 is 5.97 Å². The zero-order valence-corrected chi connectivity index (χ0v) is 10.1. The van der Waals surface area contributed by atoms with Crippen LogP contribution < -0.4 is 5.73 Å². The van der Waals surface area contributed by atoms with Crippen molar-refractivity contribution in [3.8, 4) is 0 Å². The molecule has 0 aliphatic carbocycles. The Kier molecular flexibility index (Phi) is 3.01. The van der Waals surface area contributed by atoms with Gasteiger partial charge in [-0.1, -0.05) is 34.1 Å². The predicted molar refractivity (Wildman–Crippen MR) is 62.3 cm³/mol. The fourth-order valence-corrected chi connectivity index (χ4v) is 2.61. The van der Waals surface area contributed by atoms with E-state index < -0.39 is 17.4 Å². The van der Waals surface area contributed by atoms with Crippen molar-refractivity contribution in [2.45, 2.75) is 11.5 Å². The highest BCUT2D eigenvalue weighted by molar-refractivity contribution is 9.10. The number of benzene rings is 1. The Labute approximate surface area is 102 Å². The molecule has 3 N–H and O–H groups in total. The van der Waals surface area contributed by atoms with Gasteiger partial charge in [0.15, 0.2) is 0 Å². The largest absolute Gasteiger partial charge is 0.480 e. The molecule has 1 saturated heterocycles. The van der Waals surface area contributed by atoms with Crippen molar-refractivity contribution in [3.05, 3.63) is 34.3 Å². The van der Waals surface area contributed by atoms with Crippen LogP contribution in [0.1, 0.15) is 5.56 Å². The molecule has 1 aromatic carbocycles. The summed E-state index contributed by atoms with van der Waals surface area (Å²) < 4.78 is 6.03. The first-order valence-electron chi connectivity index (χ1n) is 4.89. The molecule has 4 nitrogen and oxygen atoms in total. The standard InChI is InChI=1S/C11H12BrNO3/c12-8-4-2-1-3-7(8)11(5-16-6-11)9(13)10(14)15/h1-4,9H,5-6,13H2,(H,14,15). The number of carboxylic acid groups (broad SMARTS) is 1. The number of nitrogens with two attached hydrogens (primary N) is 1. The van der Waals surface area contributed by atoms with E-state index in [1.54, 1.807) is 0 Å². The third-order valence-electron chi connectivity index (χ3n) is 2.99. The van der Waals surface area contributed by atoms with E-state index in [0.29, 0.717) is 13.2 Å². The van der Waals surface area contributed by atoms with Crippen LogP contribution in [0.25, 0.3) is 0 Å². The SMILES string of the molecule is NC(C(=O)O)C1(c2ccccc2Br)COC1. The number of aliphatic carboxylic acids is 1. The Morgan fingerprint density at radius 2 is 2.12 bits per heavy atom. The van der Waals surface area contributed by atoms with Crippen LogP contribution in [0.15, 0.2) is 28.7 Å². The van der Waals surface area contributed by atoms with Crippen LogP contribution in [-0.2, 0) is 14.9 Å². The molecule has 0 saturated carbocycles. The van der Waals surface area contributed by atoms with Gasteiger partial charge in [0.05, 0.1) is 18.6 Å². The van der Waals surface area contributed by atoms with Gasteiger partial charge in [0.1, 0.15) is 6.04 Å². The molecule has 0 spiro atoms. The van der Waals surface area contributed by atoms with Gasteiger partial charge in [-0.3, -0.25) is 4.79 Å². The normalized spacial score (nSPS) is 19.9. The van der Waals surface area contributed by atoms with Gasteiger partial charge < -0.3 is 15.6 Å². The minimum Gasteiger partial charge on any atom is -0.480 e. The number of carboxylic acids is 1. The van der Waals surface area contributed by atoms with Crippen LogP contribution in [0, 0.1) is 0 Å². The zero-order valence-electron chi connectivity index (χ0n) is 8.52. The summed E-state index contributed by atoms with van der Waals surface area (Å²) in [5.41, 5.74) is 6.05. The van der Waals surface area contributed by atoms with E-state index in [2.05, 4.69) is 15.9 Å². The number of rotatable bonds is 3. The van der Waals surface area contributed by atoms with Crippen LogP contribution >= 0.6 is 15.9 Å². The lowest BCUT2D eigenvalue weighted by atomic mass is 9.73. The molecular weight excluding hydrogens is 274 g/mol. The van der Waals surface area contributed by atoms with E-state index >= 15 is 0 Å².